The highest BCUT2D eigenvalue weighted by Crippen LogP contribution is 2.21. The number of benzene rings is 1. The Labute approximate surface area is 95.5 Å². The first kappa shape index (κ1) is 10.2. The number of hydrogen-bond acceptors (Lipinski definition) is 1. The van der Waals surface area contributed by atoms with Gasteiger partial charge in [0.15, 0.2) is 0 Å². The number of aliphatic carboxylic acids is 1. The van der Waals surface area contributed by atoms with E-state index in [4.69, 9.17) is 5.11 Å². The first-order chi connectivity index (χ1) is 7.24. The molecule has 0 radical (unpaired) electrons. The lowest BCUT2D eigenvalue weighted by Gasteiger charge is -2.12. The molecule has 0 saturated carbocycles. The van der Waals surface area contributed by atoms with E-state index in [2.05, 4.69) is 15.9 Å². The summed E-state index contributed by atoms with van der Waals surface area (Å²) in [6.07, 6.45) is 1.81. The van der Waals surface area contributed by atoms with Crippen molar-refractivity contribution in [2.45, 2.75) is 6.04 Å². The van der Waals surface area contributed by atoms with Crippen LogP contribution in [0.4, 0.5) is 0 Å². The van der Waals surface area contributed by atoms with Crippen LogP contribution in [-0.2, 0) is 4.79 Å². The fourth-order valence-corrected chi connectivity index (χ4v) is 2.22. The number of para-hydroxylation sites is 1. The average molecular weight is 268 g/mol. The number of fused-ring (bicyclic) bond motifs is 1. The number of halogens is 1. The summed E-state index contributed by atoms with van der Waals surface area (Å²) < 4.78 is 1.77. The number of carboxylic acid groups (broad SMARTS) is 1. The van der Waals surface area contributed by atoms with E-state index in [1.807, 2.05) is 36.5 Å². The van der Waals surface area contributed by atoms with Crippen LogP contribution in [0.2, 0.25) is 0 Å². The number of hydrogen-bond donors (Lipinski definition) is 1. The van der Waals surface area contributed by atoms with Crippen molar-refractivity contribution < 1.29 is 9.90 Å². The summed E-state index contributed by atoms with van der Waals surface area (Å²) >= 11 is 3.22. The summed E-state index contributed by atoms with van der Waals surface area (Å²) in [6, 6.07) is 9.12. The van der Waals surface area contributed by atoms with Crippen molar-refractivity contribution in [3.8, 4) is 0 Å². The molecule has 0 bridgehead atoms. The van der Waals surface area contributed by atoms with Crippen molar-refractivity contribution in [2.75, 3.05) is 5.33 Å². The Morgan fingerprint density at radius 1 is 1.40 bits per heavy atom. The standard InChI is InChI=1S/C11H10BrNO2/c12-7-10(11(14)15)13-6-5-8-3-1-2-4-9(8)13/h1-6,10H,7H2,(H,14,15). The van der Waals surface area contributed by atoms with Gasteiger partial charge in [-0.05, 0) is 17.5 Å². The molecule has 0 amide bonds. The second-order valence-electron chi connectivity index (χ2n) is 3.29. The van der Waals surface area contributed by atoms with Crippen molar-refractivity contribution in [1.29, 1.82) is 0 Å². The molecule has 2 rings (SSSR count). The second-order valence-corrected chi connectivity index (χ2v) is 3.94. The van der Waals surface area contributed by atoms with Crippen molar-refractivity contribution in [1.82, 2.24) is 4.57 Å². The zero-order valence-electron chi connectivity index (χ0n) is 7.93. The lowest BCUT2D eigenvalue weighted by Crippen LogP contribution is -2.19. The lowest BCUT2D eigenvalue weighted by molar-refractivity contribution is -0.140. The minimum Gasteiger partial charge on any atom is -0.480 e. The minimum absolute atomic E-state index is 0.404. The Kier molecular flexibility index (Phi) is 2.77. The van der Waals surface area contributed by atoms with E-state index in [1.165, 1.54) is 0 Å². The monoisotopic (exact) mass is 267 g/mol. The van der Waals surface area contributed by atoms with Gasteiger partial charge in [0.25, 0.3) is 0 Å². The van der Waals surface area contributed by atoms with Crippen LogP contribution in [0.25, 0.3) is 10.9 Å². The van der Waals surface area contributed by atoms with Gasteiger partial charge in [0.05, 0.1) is 0 Å². The maximum atomic E-state index is 11.0. The van der Waals surface area contributed by atoms with Gasteiger partial charge in [-0.2, -0.15) is 0 Å². The molecule has 1 unspecified atom stereocenters. The molecule has 1 aromatic heterocycles. The predicted molar refractivity (Wildman–Crippen MR) is 62.4 cm³/mol. The van der Waals surface area contributed by atoms with Crippen LogP contribution in [0.3, 0.4) is 0 Å². The number of carbonyl (C=O) groups is 1. The van der Waals surface area contributed by atoms with Crippen LogP contribution in [0, 0.1) is 0 Å². The van der Waals surface area contributed by atoms with Gasteiger partial charge in [0.2, 0.25) is 0 Å². The van der Waals surface area contributed by atoms with E-state index < -0.39 is 12.0 Å². The van der Waals surface area contributed by atoms with Crippen LogP contribution in [-0.4, -0.2) is 21.0 Å². The van der Waals surface area contributed by atoms with Gasteiger partial charge in [0.1, 0.15) is 6.04 Å². The molecule has 1 aromatic carbocycles. The molecule has 1 N–H and O–H groups in total. The Hall–Kier alpha value is -1.29. The van der Waals surface area contributed by atoms with Gasteiger partial charge < -0.3 is 9.67 Å². The molecule has 2 aromatic rings. The first-order valence-electron chi connectivity index (χ1n) is 4.58. The summed E-state index contributed by atoms with van der Waals surface area (Å²) in [4.78, 5) is 11.0. The second kappa shape index (κ2) is 4.06. The van der Waals surface area contributed by atoms with Gasteiger partial charge in [-0.25, -0.2) is 4.79 Å². The Bertz CT molecular complexity index is 492. The molecule has 0 saturated heterocycles. The third-order valence-electron chi connectivity index (χ3n) is 2.40. The fraction of sp³-hybridized carbons (Fsp3) is 0.182. The number of alkyl halides is 1. The summed E-state index contributed by atoms with van der Waals surface area (Å²) in [7, 11) is 0. The van der Waals surface area contributed by atoms with Crippen molar-refractivity contribution in [3.05, 3.63) is 36.5 Å². The summed E-state index contributed by atoms with van der Waals surface area (Å²) in [5.74, 6) is -0.826. The topological polar surface area (TPSA) is 42.2 Å². The molecule has 0 fully saturated rings. The minimum atomic E-state index is -0.826. The molecule has 3 nitrogen and oxygen atoms in total. The first-order valence-corrected chi connectivity index (χ1v) is 5.70. The van der Waals surface area contributed by atoms with E-state index in [9.17, 15) is 4.79 Å². The van der Waals surface area contributed by atoms with Gasteiger partial charge in [-0.15, -0.1) is 0 Å². The highest BCUT2D eigenvalue weighted by Gasteiger charge is 2.18. The molecule has 0 aliphatic heterocycles. The number of aromatic nitrogens is 1. The van der Waals surface area contributed by atoms with Crippen molar-refractivity contribution >= 4 is 32.8 Å². The third-order valence-corrected chi connectivity index (χ3v) is 3.01. The van der Waals surface area contributed by atoms with Crippen LogP contribution < -0.4 is 0 Å². The normalized spacial score (nSPS) is 12.9. The summed E-state index contributed by atoms with van der Waals surface area (Å²) in [5.41, 5.74) is 0.948. The van der Waals surface area contributed by atoms with Crippen LogP contribution in [0.15, 0.2) is 36.5 Å². The molecular weight excluding hydrogens is 258 g/mol. The summed E-state index contributed by atoms with van der Waals surface area (Å²) in [5, 5.41) is 10.5. The number of carboxylic acids is 1. The van der Waals surface area contributed by atoms with Crippen LogP contribution in [0.1, 0.15) is 6.04 Å². The molecule has 78 valence electrons. The lowest BCUT2D eigenvalue weighted by atomic mass is 10.2. The molecule has 15 heavy (non-hydrogen) atoms. The highest BCUT2D eigenvalue weighted by atomic mass is 79.9. The molecule has 1 atom stereocenters. The molecule has 0 spiro atoms. The van der Waals surface area contributed by atoms with Gasteiger partial charge in [-0.3, -0.25) is 0 Å². The van der Waals surface area contributed by atoms with E-state index in [0.717, 1.165) is 10.9 Å². The molecule has 4 heteroatoms. The third kappa shape index (κ3) is 1.77. The van der Waals surface area contributed by atoms with Crippen molar-refractivity contribution in [3.63, 3.8) is 0 Å². The molecule has 1 heterocycles. The quantitative estimate of drug-likeness (QED) is 0.869. The largest absolute Gasteiger partial charge is 0.480 e. The van der Waals surface area contributed by atoms with Crippen molar-refractivity contribution in [2.24, 2.45) is 0 Å². The summed E-state index contributed by atoms with van der Waals surface area (Å²) in [6.45, 7) is 0. The van der Waals surface area contributed by atoms with Gasteiger partial charge in [-0.1, -0.05) is 34.1 Å². The zero-order valence-corrected chi connectivity index (χ0v) is 9.52. The maximum absolute atomic E-state index is 11.0. The Morgan fingerprint density at radius 2 is 2.13 bits per heavy atom. The molecule has 0 aliphatic rings. The van der Waals surface area contributed by atoms with E-state index in [0.29, 0.717) is 5.33 Å². The Morgan fingerprint density at radius 3 is 2.80 bits per heavy atom. The zero-order chi connectivity index (χ0) is 10.8. The van der Waals surface area contributed by atoms with E-state index in [-0.39, 0.29) is 0 Å². The molecular formula is C11H10BrNO2. The smallest absolute Gasteiger partial charge is 0.327 e. The SMILES string of the molecule is O=C(O)C(CBr)n1ccc2ccccc21. The highest BCUT2D eigenvalue weighted by molar-refractivity contribution is 9.09. The van der Waals surface area contributed by atoms with Crippen LogP contribution in [0.5, 0.6) is 0 Å². The van der Waals surface area contributed by atoms with Gasteiger partial charge in [0, 0.05) is 17.0 Å². The average Bonchev–Trinajstić information content (AvgIpc) is 2.63. The fourth-order valence-electron chi connectivity index (χ4n) is 1.64. The van der Waals surface area contributed by atoms with E-state index in [1.54, 1.807) is 4.57 Å². The van der Waals surface area contributed by atoms with Crippen LogP contribution >= 0.6 is 15.9 Å². The van der Waals surface area contributed by atoms with Gasteiger partial charge >= 0.3 is 5.97 Å². The maximum Gasteiger partial charge on any atom is 0.327 e. The Balaban J connectivity index is 2.55. The predicted octanol–water partition coefficient (Wildman–Crippen LogP) is 2.66. The number of nitrogens with zero attached hydrogens (tertiary/aromatic N) is 1. The van der Waals surface area contributed by atoms with E-state index >= 15 is 0 Å². The molecule has 0 aliphatic carbocycles. The number of rotatable bonds is 3.